The lowest BCUT2D eigenvalue weighted by Crippen LogP contribution is -2.15. The van der Waals surface area contributed by atoms with Gasteiger partial charge in [0.05, 0.1) is 12.2 Å². The van der Waals surface area contributed by atoms with Crippen LogP contribution in [-0.4, -0.2) is 11.4 Å². The van der Waals surface area contributed by atoms with E-state index in [1.54, 1.807) is 4.90 Å². The van der Waals surface area contributed by atoms with Crippen LogP contribution in [0.25, 0.3) is 5.70 Å². The molecule has 1 aromatic carbocycles. The highest BCUT2D eigenvalue weighted by Gasteiger charge is 2.22. The predicted molar refractivity (Wildman–Crippen MR) is 66.0 cm³/mol. The lowest BCUT2D eigenvalue weighted by Gasteiger charge is -2.17. The predicted octanol–water partition coefficient (Wildman–Crippen LogP) is 2.20. The first-order chi connectivity index (χ1) is 8.38. The Morgan fingerprint density at radius 2 is 2.06 bits per heavy atom. The van der Waals surface area contributed by atoms with Gasteiger partial charge in [-0.15, -0.1) is 0 Å². The molecule has 82 valence electrons. The van der Waals surface area contributed by atoms with E-state index in [9.17, 15) is 0 Å². The molecule has 2 heterocycles. The highest BCUT2D eigenvalue weighted by Crippen LogP contribution is 2.30. The monoisotopic (exact) mass is 221 g/mol. The molecule has 2 aliphatic rings. The van der Waals surface area contributed by atoms with Gasteiger partial charge in [0.1, 0.15) is 0 Å². The van der Waals surface area contributed by atoms with Gasteiger partial charge in [-0.3, -0.25) is 4.90 Å². The summed E-state index contributed by atoms with van der Waals surface area (Å²) in [4.78, 5) is 1.64. The molecule has 3 heteroatoms. The Bertz CT molecular complexity index is 573. The minimum absolute atomic E-state index is 0.646. The Kier molecular flexibility index (Phi) is 2.20. The minimum atomic E-state index is 0.646. The first-order valence-electron chi connectivity index (χ1n) is 5.49. The van der Waals surface area contributed by atoms with Crippen molar-refractivity contribution in [1.82, 2.24) is 10.2 Å². The molecular weight excluding hydrogens is 210 g/mol. The number of dihydropyridines is 1. The van der Waals surface area contributed by atoms with E-state index in [0.717, 1.165) is 16.8 Å². The Hall–Kier alpha value is -2.47. The SMILES string of the molecule is N#CN1C=C2C=CNC(c3ccccc3)=C2C1. The maximum absolute atomic E-state index is 8.93. The highest BCUT2D eigenvalue weighted by atomic mass is 15.1. The van der Waals surface area contributed by atoms with Crippen molar-refractivity contribution in [2.24, 2.45) is 0 Å². The van der Waals surface area contributed by atoms with Gasteiger partial charge in [0.25, 0.3) is 0 Å². The Morgan fingerprint density at radius 3 is 2.82 bits per heavy atom. The van der Waals surface area contributed by atoms with Crippen LogP contribution in [0.5, 0.6) is 0 Å². The van der Waals surface area contributed by atoms with Gasteiger partial charge in [0.2, 0.25) is 0 Å². The fraction of sp³-hybridized carbons (Fsp3) is 0.0714. The van der Waals surface area contributed by atoms with E-state index in [-0.39, 0.29) is 0 Å². The van der Waals surface area contributed by atoms with Crippen molar-refractivity contribution in [2.75, 3.05) is 6.54 Å². The molecule has 0 amide bonds. The lowest BCUT2D eigenvalue weighted by atomic mass is 9.99. The lowest BCUT2D eigenvalue weighted by molar-refractivity contribution is 0.601. The fourth-order valence-corrected chi connectivity index (χ4v) is 2.15. The number of hydrogen-bond donors (Lipinski definition) is 1. The summed E-state index contributed by atoms with van der Waals surface area (Å²) in [6.07, 6.45) is 7.95. The summed E-state index contributed by atoms with van der Waals surface area (Å²) in [7, 11) is 0. The largest absolute Gasteiger partial charge is 0.361 e. The van der Waals surface area contributed by atoms with Crippen LogP contribution in [0.2, 0.25) is 0 Å². The van der Waals surface area contributed by atoms with Crippen LogP contribution in [-0.2, 0) is 0 Å². The Labute approximate surface area is 100.0 Å². The van der Waals surface area contributed by atoms with Crippen LogP contribution >= 0.6 is 0 Å². The molecule has 0 spiro atoms. The van der Waals surface area contributed by atoms with Gasteiger partial charge in [0.15, 0.2) is 6.19 Å². The van der Waals surface area contributed by atoms with Crippen LogP contribution < -0.4 is 5.32 Å². The Balaban J connectivity index is 2.07. The number of allylic oxidation sites excluding steroid dienone is 1. The third kappa shape index (κ3) is 1.60. The number of rotatable bonds is 1. The van der Waals surface area contributed by atoms with Crippen molar-refractivity contribution in [1.29, 1.82) is 5.26 Å². The molecule has 1 N–H and O–H groups in total. The van der Waals surface area contributed by atoms with Crippen molar-refractivity contribution in [3.63, 3.8) is 0 Å². The molecule has 0 aromatic heterocycles. The standard InChI is InChI=1S/C14H11N3/c15-10-17-8-12-6-7-16-14(13(12)9-17)11-4-2-1-3-5-11/h1-8,16H,9H2. The van der Waals surface area contributed by atoms with Crippen LogP contribution in [0.3, 0.4) is 0 Å². The molecule has 0 bridgehead atoms. The van der Waals surface area contributed by atoms with Crippen molar-refractivity contribution < 1.29 is 0 Å². The molecule has 3 nitrogen and oxygen atoms in total. The third-order valence-electron chi connectivity index (χ3n) is 2.96. The molecule has 3 rings (SSSR count). The zero-order valence-corrected chi connectivity index (χ0v) is 9.22. The summed E-state index contributed by atoms with van der Waals surface area (Å²) in [6.45, 7) is 0.646. The van der Waals surface area contributed by atoms with Crippen molar-refractivity contribution >= 4 is 5.70 Å². The van der Waals surface area contributed by atoms with E-state index in [1.165, 1.54) is 5.57 Å². The van der Waals surface area contributed by atoms with E-state index in [4.69, 9.17) is 5.26 Å². The van der Waals surface area contributed by atoms with E-state index in [2.05, 4.69) is 23.6 Å². The molecule has 0 atom stereocenters. The van der Waals surface area contributed by atoms with Gasteiger partial charge >= 0.3 is 0 Å². The molecule has 1 aromatic rings. The summed E-state index contributed by atoms with van der Waals surface area (Å²) < 4.78 is 0. The van der Waals surface area contributed by atoms with Crippen molar-refractivity contribution in [3.8, 4) is 6.19 Å². The molecule has 0 saturated carbocycles. The van der Waals surface area contributed by atoms with Crippen molar-refractivity contribution in [2.45, 2.75) is 0 Å². The number of nitrogens with one attached hydrogen (secondary N) is 1. The van der Waals surface area contributed by atoms with E-state index in [0.29, 0.717) is 6.54 Å². The van der Waals surface area contributed by atoms with E-state index >= 15 is 0 Å². The van der Waals surface area contributed by atoms with Crippen LogP contribution in [0.15, 0.2) is 60.0 Å². The molecule has 0 unspecified atom stereocenters. The summed E-state index contributed by atoms with van der Waals surface area (Å²) in [6, 6.07) is 10.2. The molecule has 17 heavy (non-hydrogen) atoms. The molecule has 2 aliphatic heterocycles. The number of nitrogens with zero attached hydrogens (tertiary/aromatic N) is 2. The zero-order valence-electron chi connectivity index (χ0n) is 9.22. The molecule has 0 saturated heterocycles. The highest BCUT2D eigenvalue weighted by molar-refractivity contribution is 5.76. The van der Waals surface area contributed by atoms with Crippen molar-refractivity contribution in [3.05, 3.63) is 65.5 Å². The van der Waals surface area contributed by atoms with Gasteiger partial charge < -0.3 is 5.32 Å². The van der Waals surface area contributed by atoms with Gasteiger partial charge in [-0.25, -0.2) is 0 Å². The fourth-order valence-electron chi connectivity index (χ4n) is 2.15. The number of benzene rings is 1. The summed E-state index contributed by atoms with van der Waals surface area (Å²) in [5.41, 5.74) is 4.54. The number of nitriles is 1. The van der Waals surface area contributed by atoms with Gasteiger partial charge in [0, 0.05) is 18.0 Å². The van der Waals surface area contributed by atoms with Gasteiger partial charge in [-0.1, -0.05) is 30.3 Å². The molecule has 0 fully saturated rings. The molecular formula is C14H11N3. The second-order valence-corrected chi connectivity index (χ2v) is 4.01. The quantitative estimate of drug-likeness (QED) is 0.739. The third-order valence-corrected chi connectivity index (χ3v) is 2.96. The first kappa shape index (κ1) is 9.73. The first-order valence-corrected chi connectivity index (χ1v) is 5.49. The number of hydrogen-bond acceptors (Lipinski definition) is 3. The molecule has 0 aliphatic carbocycles. The normalized spacial score (nSPS) is 17.4. The summed E-state index contributed by atoms with van der Waals surface area (Å²) in [5.74, 6) is 0. The second-order valence-electron chi connectivity index (χ2n) is 4.01. The second kappa shape index (κ2) is 3.84. The molecule has 0 radical (unpaired) electrons. The van der Waals surface area contributed by atoms with Crippen LogP contribution in [0.4, 0.5) is 0 Å². The Morgan fingerprint density at radius 1 is 1.24 bits per heavy atom. The average Bonchev–Trinajstić information content (AvgIpc) is 2.82. The van der Waals surface area contributed by atoms with Gasteiger partial charge in [-0.2, -0.15) is 5.26 Å². The minimum Gasteiger partial charge on any atom is -0.361 e. The maximum atomic E-state index is 8.93. The maximum Gasteiger partial charge on any atom is 0.184 e. The van der Waals surface area contributed by atoms with Crippen LogP contribution in [0.1, 0.15) is 5.56 Å². The van der Waals surface area contributed by atoms with Gasteiger partial charge in [-0.05, 0) is 17.2 Å². The van der Waals surface area contributed by atoms with E-state index in [1.807, 2.05) is 36.7 Å². The summed E-state index contributed by atoms with van der Waals surface area (Å²) >= 11 is 0. The smallest absolute Gasteiger partial charge is 0.184 e. The topological polar surface area (TPSA) is 39.1 Å². The average molecular weight is 221 g/mol. The van der Waals surface area contributed by atoms with E-state index < -0.39 is 0 Å². The van der Waals surface area contributed by atoms with Crippen LogP contribution in [0, 0.1) is 11.5 Å². The number of fused-ring (bicyclic) bond motifs is 1. The zero-order chi connectivity index (χ0) is 11.7. The summed E-state index contributed by atoms with van der Waals surface area (Å²) in [5, 5.41) is 12.2.